The van der Waals surface area contributed by atoms with Gasteiger partial charge in [-0.2, -0.15) is 0 Å². The van der Waals surface area contributed by atoms with Gasteiger partial charge in [0.25, 0.3) is 0 Å². The molecular formula is C30H18BrNS. The first-order valence-corrected chi connectivity index (χ1v) is 12.6. The van der Waals surface area contributed by atoms with Crippen molar-refractivity contribution in [2.24, 2.45) is 0 Å². The predicted octanol–water partition coefficient (Wildman–Crippen LogP) is 9.58. The summed E-state index contributed by atoms with van der Waals surface area (Å²) in [4.78, 5) is 0. The first-order chi connectivity index (χ1) is 16.3. The van der Waals surface area contributed by atoms with Crippen molar-refractivity contribution in [2.45, 2.75) is 0 Å². The fourth-order valence-corrected chi connectivity index (χ4v) is 6.54. The number of hydrogen-bond acceptors (Lipinski definition) is 1. The maximum Gasteiger partial charge on any atom is 0.0541 e. The SMILES string of the molecule is Brc1cc(-c2ccc3sc4ccccc4c3c2)cc(-n2c3ccccc3c3ccccc32)c1. The summed E-state index contributed by atoms with van der Waals surface area (Å²) < 4.78 is 6.12. The molecule has 33 heavy (non-hydrogen) atoms. The van der Waals surface area contributed by atoms with Crippen LogP contribution in [0.3, 0.4) is 0 Å². The highest BCUT2D eigenvalue weighted by molar-refractivity contribution is 9.10. The molecule has 0 fully saturated rings. The minimum Gasteiger partial charge on any atom is -0.309 e. The van der Waals surface area contributed by atoms with Crippen LogP contribution in [0.15, 0.2) is 114 Å². The minimum atomic E-state index is 1.08. The van der Waals surface area contributed by atoms with Crippen LogP contribution in [-0.2, 0) is 0 Å². The van der Waals surface area contributed by atoms with Gasteiger partial charge in [0.15, 0.2) is 0 Å². The third kappa shape index (κ3) is 2.97. The minimum absolute atomic E-state index is 1.08. The highest BCUT2D eigenvalue weighted by Crippen LogP contribution is 2.38. The van der Waals surface area contributed by atoms with Crippen LogP contribution in [0.4, 0.5) is 0 Å². The molecule has 0 atom stereocenters. The lowest BCUT2D eigenvalue weighted by molar-refractivity contribution is 1.18. The molecule has 5 aromatic carbocycles. The van der Waals surface area contributed by atoms with Crippen LogP contribution in [0.2, 0.25) is 0 Å². The molecule has 0 N–H and O–H groups in total. The van der Waals surface area contributed by atoms with Gasteiger partial charge < -0.3 is 4.57 Å². The Kier molecular flexibility index (Phi) is 4.23. The van der Waals surface area contributed by atoms with Gasteiger partial charge in [-0.25, -0.2) is 0 Å². The molecule has 2 heterocycles. The lowest BCUT2D eigenvalue weighted by atomic mass is 10.0. The summed E-state index contributed by atoms with van der Waals surface area (Å²) >= 11 is 5.65. The van der Waals surface area contributed by atoms with Gasteiger partial charge in [0.1, 0.15) is 0 Å². The number of thiophene rings is 1. The zero-order valence-electron chi connectivity index (χ0n) is 17.6. The Hall–Kier alpha value is -3.40. The van der Waals surface area contributed by atoms with Crippen molar-refractivity contribution in [2.75, 3.05) is 0 Å². The molecule has 0 saturated carbocycles. The second kappa shape index (κ2) is 7.31. The highest BCUT2D eigenvalue weighted by atomic mass is 79.9. The second-order valence-electron chi connectivity index (χ2n) is 8.38. The van der Waals surface area contributed by atoms with E-state index in [4.69, 9.17) is 0 Å². The summed E-state index contributed by atoms with van der Waals surface area (Å²) in [6, 6.07) is 39.6. The molecular weight excluding hydrogens is 486 g/mol. The quantitative estimate of drug-likeness (QED) is 0.221. The highest BCUT2D eigenvalue weighted by Gasteiger charge is 2.13. The average Bonchev–Trinajstić information content (AvgIpc) is 3.39. The number of fused-ring (bicyclic) bond motifs is 6. The van der Waals surface area contributed by atoms with Crippen molar-refractivity contribution < 1.29 is 0 Å². The van der Waals surface area contributed by atoms with Gasteiger partial charge in [0.2, 0.25) is 0 Å². The molecule has 1 nitrogen and oxygen atoms in total. The Morgan fingerprint density at radius 3 is 1.91 bits per heavy atom. The summed E-state index contributed by atoms with van der Waals surface area (Å²) in [5, 5.41) is 5.21. The zero-order valence-corrected chi connectivity index (χ0v) is 20.0. The topological polar surface area (TPSA) is 4.93 Å². The molecule has 2 aromatic heterocycles. The van der Waals surface area contributed by atoms with E-state index in [9.17, 15) is 0 Å². The molecule has 0 spiro atoms. The van der Waals surface area contributed by atoms with Gasteiger partial charge in [0.05, 0.1) is 11.0 Å². The molecule has 0 unspecified atom stereocenters. The van der Waals surface area contributed by atoms with Crippen LogP contribution in [0.5, 0.6) is 0 Å². The number of hydrogen-bond donors (Lipinski definition) is 0. The molecule has 0 aliphatic heterocycles. The lowest BCUT2D eigenvalue weighted by Crippen LogP contribution is -1.94. The van der Waals surface area contributed by atoms with E-state index in [-0.39, 0.29) is 0 Å². The number of nitrogens with zero attached hydrogens (tertiary/aromatic N) is 1. The summed E-state index contributed by atoms with van der Waals surface area (Å²) in [6.45, 7) is 0. The smallest absolute Gasteiger partial charge is 0.0541 e. The molecule has 0 amide bonds. The zero-order chi connectivity index (χ0) is 21.9. The third-order valence-electron chi connectivity index (χ3n) is 6.43. The average molecular weight is 504 g/mol. The van der Waals surface area contributed by atoms with E-state index < -0.39 is 0 Å². The van der Waals surface area contributed by atoms with E-state index >= 15 is 0 Å². The molecule has 0 aliphatic rings. The van der Waals surface area contributed by atoms with Crippen LogP contribution in [0, 0.1) is 0 Å². The van der Waals surface area contributed by atoms with E-state index in [0.717, 1.165) is 10.2 Å². The van der Waals surface area contributed by atoms with Gasteiger partial charge in [-0.3, -0.25) is 0 Å². The van der Waals surface area contributed by atoms with Crippen LogP contribution in [0.25, 0.3) is 58.8 Å². The summed E-state index contributed by atoms with van der Waals surface area (Å²) in [5.74, 6) is 0. The first-order valence-electron chi connectivity index (χ1n) is 11.0. The monoisotopic (exact) mass is 503 g/mol. The van der Waals surface area contributed by atoms with Crippen molar-refractivity contribution in [1.82, 2.24) is 4.57 Å². The Balaban J connectivity index is 1.48. The van der Waals surface area contributed by atoms with E-state index in [2.05, 4.69) is 130 Å². The van der Waals surface area contributed by atoms with Crippen LogP contribution >= 0.6 is 27.3 Å². The van der Waals surface area contributed by atoms with Gasteiger partial charge >= 0.3 is 0 Å². The van der Waals surface area contributed by atoms with Crippen LogP contribution < -0.4 is 0 Å². The summed E-state index contributed by atoms with van der Waals surface area (Å²) in [5.41, 5.74) is 6.05. The van der Waals surface area contributed by atoms with Crippen molar-refractivity contribution in [3.05, 3.63) is 114 Å². The van der Waals surface area contributed by atoms with Crippen molar-refractivity contribution in [3.63, 3.8) is 0 Å². The van der Waals surface area contributed by atoms with Crippen molar-refractivity contribution in [3.8, 4) is 16.8 Å². The molecule has 156 valence electrons. The standard InChI is InChI=1S/C30H18BrNS/c31-21-15-20(19-13-14-30-26(17-19)25-9-3-6-12-29(25)33-30)16-22(18-21)32-27-10-4-1-7-23(27)24-8-2-5-11-28(24)32/h1-18H. The number of aromatic nitrogens is 1. The largest absolute Gasteiger partial charge is 0.309 e. The third-order valence-corrected chi connectivity index (χ3v) is 8.04. The van der Waals surface area contributed by atoms with Gasteiger partial charge in [0, 0.05) is 41.1 Å². The maximum atomic E-state index is 3.79. The molecule has 7 rings (SSSR count). The number of rotatable bonds is 2. The summed E-state index contributed by atoms with van der Waals surface area (Å²) in [7, 11) is 0. The van der Waals surface area contributed by atoms with Crippen molar-refractivity contribution >= 4 is 69.2 Å². The van der Waals surface area contributed by atoms with Crippen LogP contribution in [-0.4, -0.2) is 4.57 Å². The molecule has 3 heteroatoms. The molecule has 0 radical (unpaired) electrons. The molecule has 7 aromatic rings. The fraction of sp³-hybridized carbons (Fsp3) is 0. The molecule has 0 saturated heterocycles. The van der Waals surface area contributed by atoms with E-state index in [1.54, 1.807) is 0 Å². The maximum absolute atomic E-state index is 3.79. The van der Waals surface area contributed by atoms with Crippen molar-refractivity contribution in [1.29, 1.82) is 0 Å². The number of para-hydroxylation sites is 2. The predicted molar refractivity (Wildman–Crippen MR) is 147 cm³/mol. The Morgan fingerprint density at radius 1 is 0.515 bits per heavy atom. The Bertz CT molecular complexity index is 1790. The van der Waals surface area contributed by atoms with Crippen LogP contribution in [0.1, 0.15) is 0 Å². The molecule has 0 aliphatic carbocycles. The normalized spacial score (nSPS) is 11.8. The Morgan fingerprint density at radius 2 is 1.15 bits per heavy atom. The van der Waals surface area contributed by atoms with Gasteiger partial charge in [-0.1, -0.05) is 76.6 Å². The van der Waals surface area contributed by atoms with E-state index in [1.807, 2.05) is 11.3 Å². The number of halogens is 1. The van der Waals surface area contributed by atoms with Gasteiger partial charge in [-0.05, 0) is 59.7 Å². The van der Waals surface area contributed by atoms with E-state index in [0.29, 0.717) is 0 Å². The first kappa shape index (κ1) is 19.1. The van der Waals surface area contributed by atoms with Gasteiger partial charge in [-0.15, -0.1) is 11.3 Å². The fourth-order valence-electron chi connectivity index (χ4n) is 4.98. The summed E-state index contributed by atoms with van der Waals surface area (Å²) in [6.07, 6.45) is 0. The lowest BCUT2D eigenvalue weighted by Gasteiger charge is -2.12. The second-order valence-corrected chi connectivity index (χ2v) is 10.4. The number of benzene rings is 5. The Labute approximate surface area is 203 Å². The molecule has 0 bridgehead atoms. The van der Waals surface area contributed by atoms with E-state index in [1.165, 1.54) is 53.1 Å².